The van der Waals surface area contributed by atoms with Crippen LogP contribution in [-0.2, 0) is 28.5 Å². The summed E-state index contributed by atoms with van der Waals surface area (Å²) in [6.07, 6.45) is -14.7. The van der Waals surface area contributed by atoms with Crippen LogP contribution in [0.3, 0.4) is 0 Å². The summed E-state index contributed by atoms with van der Waals surface area (Å²) in [5.74, 6) is -2.48. The topological polar surface area (TPSA) is 255 Å². The first kappa shape index (κ1) is 31.6. The maximum absolute atomic E-state index is 11.4. The van der Waals surface area contributed by atoms with Crippen LogP contribution in [0.5, 0.6) is 28.7 Å². The molecule has 9 N–H and O–H groups in total. The van der Waals surface area contributed by atoms with Gasteiger partial charge in [0.2, 0.25) is 6.29 Å². The summed E-state index contributed by atoms with van der Waals surface area (Å²) in [7, 11) is 0. The molecule has 3 heterocycles. The minimum absolute atomic E-state index is 0.0132. The van der Waals surface area contributed by atoms with Crippen LogP contribution in [0.25, 0.3) is 6.08 Å². The molecule has 2 saturated heterocycles. The Morgan fingerprint density at radius 2 is 1.64 bits per heavy atom. The number of esters is 1. The summed E-state index contributed by atoms with van der Waals surface area (Å²) < 4.78 is 33.9. The van der Waals surface area contributed by atoms with Crippen molar-refractivity contribution in [3.63, 3.8) is 0 Å². The van der Waals surface area contributed by atoms with Gasteiger partial charge in [-0.05, 0) is 18.2 Å². The molecule has 0 spiro atoms. The average molecular weight is 625 g/mol. The van der Waals surface area contributed by atoms with Gasteiger partial charge >= 0.3 is 5.97 Å². The van der Waals surface area contributed by atoms with E-state index in [1.165, 1.54) is 30.3 Å². The summed E-state index contributed by atoms with van der Waals surface area (Å²) >= 11 is 0. The third-order valence-electron chi connectivity index (χ3n) is 7.29. The third kappa shape index (κ3) is 6.33. The van der Waals surface area contributed by atoms with Crippen molar-refractivity contribution < 1.29 is 79.2 Å². The van der Waals surface area contributed by atoms with E-state index in [0.29, 0.717) is 0 Å². The summed E-state index contributed by atoms with van der Waals surface area (Å²) in [4.78, 5) is 11.4. The molecule has 2 fully saturated rings. The van der Waals surface area contributed by atoms with Gasteiger partial charge in [-0.25, -0.2) is 0 Å². The molecule has 0 aliphatic carbocycles. The largest absolute Gasteiger partial charge is 0.508 e. The van der Waals surface area contributed by atoms with E-state index in [4.69, 9.17) is 28.4 Å². The summed E-state index contributed by atoms with van der Waals surface area (Å²) in [6.45, 7) is 0.169. The summed E-state index contributed by atoms with van der Waals surface area (Å²) in [5.41, 5.74) is 0.277. The number of aromatic hydroxyl groups is 4. The molecule has 16 heteroatoms. The van der Waals surface area contributed by atoms with Crippen LogP contribution in [0.1, 0.15) is 24.2 Å². The van der Waals surface area contributed by atoms with Crippen molar-refractivity contribution in [2.24, 2.45) is 0 Å². The van der Waals surface area contributed by atoms with Crippen LogP contribution in [0, 0.1) is 0 Å². The van der Waals surface area contributed by atoms with Crippen molar-refractivity contribution in [3.05, 3.63) is 47.2 Å². The Morgan fingerprint density at radius 3 is 2.34 bits per heavy atom. The number of ether oxygens (including phenoxy) is 6. The monoisotopic (exact) mass is 624 g/mol. The first-order chi connectivity index (χ1) is 20.8. The molecule has 10 atom stereocenters. The molecular formula is C28H32O16. The molecule has 44 heavy (non-hydrogen) atoms. The van der Waals surface area contributed by atoms with E-state index in [1.54, 1.807) is 0 Å². The predicted molar refractivity (Wildman–Crippen MR) is 142 cm³/mol. The smallest absolute Gasteiger partial charge is 0.302 e. The standard InChI is InChI=1S/C28H32O16/c1-10(29)39-9-20-22(36)23(37)26(44-27-24(38)21(35)17(34)8-40-27)28(43-20)42-19-7-13-15(32)5-12(30)6-18(13)41-25(19)11-2-3-14(31)16(33)4-11/h2-7,17,20-28,30-38H,8-9H2,1H3/t17-,20-,21+,22+,23+,24-,25?,26-,27+,28-/m1/s1. The minimum Gasteiger partial charge on any atom is -0.508 e. The highest BCUT2D eigenvalue weighted by Crippen LogP contribution is 2.45. The van der Waals surface area contributed by atoms with Gasteiger partial charge < -0.3 is 74.4 Å². The fourth-order valence-electron chi connectivity index (χ4n) is 4.95. The Hall–Kier alpha value is -3.87. The fourth-order valence-corrected chi connectivity index (χ4v) is 4.95. The lowest BCUT2D eigenvalue weighted by molar-refractivity contribution is -0.352. The maximum atomic E-state index is 11.4. The second kappa shape index (κ2) is 12.6. The van der Waals surface area contributed by atoms with E-state index in [1.807, 2.05) is 0 Å². The van der Waals surface area contributed by atoms with Crippen LogP contribution in [-0.4, -0.2) is 120 Å². The van der Waals surface area contributed by atoms with Gasteiger partial charge in [0.1, 0.15) is 66.2 Å². The lowest BCUT2D eigenvalue weighted by atomic mass is 9.97. The lowest BCUT2D eigenvalue weighted by Gasteiger charge is -2.45. The van der Waals surface area contributed by atoms with E-state index in [9.17, 15) is 50.8 Å². The van der Waals surface area contributed by atoms with E-state index in [2.05, 4.69) is 0 Å². The molecule has 3 aliphatic rings. The Kier molecular flexibility index (Phi) is 9.05. The number of aliphatic hydroxyl groups excluding tert-OH is 5. The van der Waals surface area contributed by atoms with Gasteiger partial charge in [-0.1, -0.05) is 6.07 Å². The summed E-state index contributed by atoms with van der Waals surface area (Å²) in [6, 6.07) is 6.00. The molecule has 0 aromatic heterocycles. The SMILES string of the molecule is CC(=O)OC[C@H]1O[C@@H](OC2=Cc3c(O)cc(O)cc3OC2c2ccc(O)c(O)c2)[C@H](O[C@@H]2OC[C@@H](O)[C@H](O)[C@H]2O)[C@@H](O)[C@H]1O. The average Bonchev–Trinajstić information content (AvgIpc) is 2.97. The van der Waals surface area contributed by atoms with Gasteiger partial charge in [0.15, 0.2) is 30.0 Å². The van der Waals surface area contributed by atoms with Gasteiger partial charge in [-0.3, -0.25) is 4.79 Å². The van der Waals surface area contributed by atoms with Gasteiger partial charge in [0.25, 0.3) is 0 Å². The van der Waals surface area contributed by atoms with E-state index in [0.717, 1.165) is 13.0 Å². The normalized spacial score (nSPS) is 33.5. The van der Waals surface area contributed by atoms with Crippen LogP contribution in [0.4, 0.5) is 0 Å². The van der Waals surface area contributed by atoms with Gasteiger partial charge in [0, 0.05) is 24.6 Å². The zero-order valence-corrected chi connectivity index (χ0v) is 23.0. The van der Waals surface area contributed by atoms with Crippen molar-refractivity contribution in [2.45, 2.75) is 68.3 Å². The second-order valence-electron chi connectivity index (χ2n) is 10.5. The number of hydrogen-bond donors (Lipinski definition) is 9. The van der Waals surface area contributed by atoms with Gasteiger partial charge in [0.05, 0.1) is 12.2 Å². The van der Waals surface area contributed by atoms with E-state index < -0.39 is 97.8 Å². The van der Waals surface area contributed by atoms with Crippen molar-refractivity contribution in [1.29, 1.82) is 0 Å². The van der Waals surface area contributed by atoms with Crippen LogP contribution >= 0.6 is 0 Å². The highest BCUT2D eigenvalue weighted by Gasteiger charge is 2.51. The van der Waals surface area contributed by atoms with Crippen LogP contribution in [0.15, 0.2) is 36.1 Å². The molecular weight excluding hydrogens is 592 g/mol. The number of fused-ring (bicyclic) bond motifs is 1. The fraction of sp³-hybridized carbons (Fsp3) is 0.464. The molecule has 5 rings (SSSR count). The van der Waals surface area contributed by atoms with Crippen molar-refractivity contribution in [2.75, 3.05) is 13.2 Å². The van der Waals surface area contributed by atoms with E-state index >= 15 is 0 Å². The zero-order valence-electron chi connectivity index (χ0n) is 23.0. The quantitative estimate of drug-likeness (QED) is 0.130. The van der Waals surface area contributed by atoms with Crippen molar-refractivity contribution in [3.8, 4) is 28.7 Å². The minimum atomic E-state index is -1.83. The summed E-state index contributed by atoms with van der Waals surface area (Å²) in [5, 5.41) is 92.7. The molecule has 0 bridgehead atoms. The molecule has 2 aromatic carbocycles. The van der Waals surface area contributed by atoms with Crippen molar-refractivity contribution >= 4 is 12.0 Å². The predicted octanol–water partition coefficient (Wildman–Crippen LogP) is -1.17. The first-order valence-electron chi connectivity index (χ1n) is 13.4. The number of carbonyl (C=O) groups is 1. The highest BCUT2D eigenvalue weighted by molar-refractivity contribution is 5.70. The Labute approximate surface area is 249 Å². The molecule has 0 amide bonds. The first-order valence-corrected chi connectivity index (χ1v) is 13.4. The molecule has 16 nitrogen and oxygen atoms in total. The number of phenols is 4. The molecule has 2 aromatic rings. The lowest BCUT2D eigenvalue weighted by Crippen LogP contribution is -2.63. The Bertz CT molecular complexity index is 1400. The molecule has 240 valence electrons. The number of phenolic OH excluding ortho intramolecular Hbond substituents is 4. The Morgan fingerprint density at radius 1 is 0.886 bits per heavy atom. The van der Waals surface area contributed by atoms with E-state index in [-0.39, 0.29) is 28.4 Å². The molecule has 0 radical (unpaired) electrons. The van der Waals surface area contributed by atoms with Crippen LogP contribution < -0.4 is 4.74 Å². The van der Waals surface area contributed by atoms with Crippen LogP contribution in [0.2, 0.25) is 0 Å². The Balaban J connectivity index is 1.52. The zero-order chi connectivity index (χ0) is 31.9. The van der Waals surface area contributed by atoms with Crippen molar-refractivity contribution in [1.82, 2.24) is 0 Å². The molecule has 0 saturated carbocycles. The number of aliphatic hydroxyl groups is 5. The van der Waals surface area contributed by atoms with Gasteiger partial charge in [-0.2, -0.15) is 0 Å². The van der Waals surface area contributed by atoms with Gasteiger partial charge in [-0.15, -0.1) is 0 Å². The third-order valence-corrected chi connectivity index (χ3v) is 7.29. The number of hydrogen-bond acceptors (Lipinski definition) is 16. The second-order valence-corrected chi connectivity index (χ2v) is 10.5. The number of carbonyl (C=O) groups excluding carboxylic acids is 1. The maximum Gasteiger partial charge on any atom is 0.302 e. The number of benzene rings is 2. The highest BCUT2D eigenvalue weighted by atomic mass is 16.8. The molecule has 3 aliphatic heterocycles. The molecule has 1 unspecified atom stereocenters. The number of rotatable bonds is 7.